The van der Waals surface area contributed by atoms with Crippen molar-refractivity contribution in [2.24, 2.45) is 0 Å². The predicted molar refractivity (Wildman–Crippen MR) is 106 cm³/mol. The lowest BCUT2D eigenvalue weighted by Crippen LogP contribution is -2.28. The number of benzene rings is 2. The molecule has 2 N–H and O–H groups in total. The number of carbonyl (C=O) groups excluding carboxylic acids is 2. The Morgan fingerprint density at radius 3 is 2.34 bits per heavy atom. The highest BCUT2D eigenvalue weighted by Gasteiger charge is 2.15. The van der Waals surface area contributed by atoms with E-state index in [9.17, 15) is 22.4 Å². The van der Waals surface area contributed by atoms with Gasteiger partial charge in [-0.3, -0.25) is 9.59 Å². The second kappa shape index (κ2) is 10.1. The quantitative estimate of drug-likeness (QED) is 0.605. The molecule has 0 radical (unpaired) electrons. The molecule has 0 heterocycles. The monoisotopic (exact) mass is 422 g/mol. The number of rotatable bonds is 9. The molecule has 2 rings (SSSR count). The number of anilines is 1. The second-order valence-corrected chi connectivity index (χ2v) is 8.33. The molecule has 0 aliphatic heterocycles. The van der Waals surface area contributed by atoms with Gasteiger partial charge in [-0.05, 0) is 35.7 Å². The van der Waals surface area contributed by atoms with E-state index in [0.717, 1.165) is 5.56 Å². The summed E-state index contributed by atoms with van der Waals surface area (Å²) in [5.74, 6) is -1.78. The van der Waals surface area contributed by atoms with Gasteiger partial charge in [0, 0.05) is 6.54 Å². The summed E-state index contributed by atoms with van der Waals surface area (Å²) < 4.78 is 45.0. The number of ether oxygens (including phenoxy) is 1. The third kappa shape index (κ3) is 6.95. The second-order valence-electron chi connectivity index (χ2n) is 6.56. The SMILES string of the molecule is CC(C)c1ccc(S(=O)(=O)NCCC(=O)OCC(=O)Nc2ccccc2F)cc1. The minimum Gasteiger partial charge on any atom is -0.456 e. The van der Waals surface area contributed by atoms with Crippen molar-refractivity contribution in [2.75, 3.05) is 18.5 Å². The first-order chi connectivity index (χ1) is 13.7. The largest absolute Gasteiger partial charge is 0.456 e. The lowest BCUT2D eigenvalue weighted by molar-refractivity contribution is -0.147. The van der Waals surface area contributed by atoms with Gasteiger partial charge in [-0.1, -0.05) is 38.1 Å². The Labute approximate surface area is 169 Å². The molecule has 0 bridgehead atoms. The first-order valence-corrected chi connectivity index (χ1v) is 10.5. The summed E-state index contributed by atoms with van der Waals surface area (Å²) in [5, 5.41) is 2.28. The Hall–Kier alpha value is -2.78. The number of nitrogens with one attached hydrogen (secondary N) is 2. The Kier molecular flexibility index (Phi) is 7.86. The van der Waals surface area contributed by atoms with Crippen LogP contribution in [0.1, 0.15) is 31.7 Å². The molecule has 0 spiro atoms. The number of carbonyl (C=O) groups is 2. The molecular weight excluding hydrogens is 399 g/mol. The molecule has 156 valence electrons. The summed E-state index contributed by atoms with van der Waals surface area (Å²) >= 11 is 0. The fourth-order valence-corrected chi connectivity index (χ4v) is 3.40. The van der Waals surface area contributed by atoms with Crippen LogP contribution in [0, 0.1) is 5.82 Å². The lowest BCUT2D eigenvalue weighted by atomic mass is 10.0. The first kappa shape index (κ1) is 22.5. The van der Waals surface area contributed by atoms with Gasteiger partial charge in [-0.15, -0.1) is 0 Å². The zero-order chi connectivity index (χ0) is 21.4. The molecule has 0 aromatic heterocycles. The molecule has 0 saturated carbocycles. The Balaban J connectivity index is 1.76. The number of para-hydroxylation sites is 1. The Bertz CT molecular complexity index is 959. The molecule has 2 aromatic rings. The number of sulfonamides is 1. The highest BCUT2D eigenvalue weighted by molar-refractivity contribution is 7.89. The van der Waals surface area contributed by atoms with Gasteiger partial charge in [-0.25, -0.2) is 17.5 Å². The van der Waals surface area contributed by atoms with Crippen molar-refractivity contribution < 1.29 is 27.1 Å². The van der Waals surface area contributed by atoms with Crippen LogP contribution in [0.25, 0.3) is 0 Å². The standard InChI is InChI=1S/C20H23FN2O5S/c1-14(2)15-7-9-16(10-8-15)29(26,27)22-12-11-20(25)28-13-19(24)23-18-6-4-3-5-17(18)21/h3-10,14,22H,11-13H2,1-2H3,(H,23,24). The van der Waals surface area contributed by atoms with Crippen molar-refractivity contribution in [1.82, 2.24) is 4.72 Å². The van der Waals surface area contributed by atoms with Gasteiger partial charge in [0.05, 0.1) is 17.0 Å². The van der Waals surface area contributed by atoms with E-state index in [2.05, 4.69) is 10.0 Å². The van der Waals surface area contributed by atoms with Crippen molar-refractivity contribution >= 4 is 27.6 Å². The number of hydrogen-bond donors (Lipinski definition) is 2. The summed E-state index contributed by atoms with van der Waals surface area (Å²) in [7, 11) is -3.75. The molecule has 0 aliphatic rings. The highest BCUT2D eigenvalue weighted by atomic mass is 32.2. The highest BCUT2D eigenvalue weighted by Crippen LogP contribution is 2.17. The van der Waals surface area contributed by atoms with Gasteiger partial charge in [0.1, 0.15) is 5.82 Å². The minimum atomic E-state index is -3.75. The Morgan fingerprint density at radius 1 is 1.07 bits per heavy atom. The average molecular weight is 422 g/mol. The number of amides is 1. The third-order valence-corrected chi connectivity index (χ3v) is 5.47. The van der Waals surface area contributed by atoms with Gasteiger partial charge in [-0.2, -0.15) is 0 Å². The number of halogens is 1. The zero-order valence-corrected chi connectivity index (χ0v) is 17.0. The summed E-state index contributed by atoms with van der Waals surface area (Å²) in [6.07, 6.45) is -0.254. The summed E-state index contributed by atoms with van der Waals surface area (Å²) in [5.41, 5.74) is 0.992. The molecule has 0 saturated heterocycles. The van der Waals surface area contributed by atoms with Gasteiger partial charge in [0.2, 0.25) is 10.0 Å². The van der Waals surface area contributed by atoms with E-state index in [-0.39, 0.29) is 29.5 Å². The van der Waals surface area contributed by atoms with Crippen LogP contribution in [0.3, 0.4) is 0 Å². The topological polar surface area (TPSA) is 102 Å². The van der Waals surface area contributed by atoms with Crippen molar-refractivity contribution in [2.45, 2.75) is 31.1 Å². The van der Waals surface area contributed by atoms with E-state index >= 15 is 0 Å². The molecular formula is C20H23FN2O5S. The predicted octanol–water partition coefficient (Wildman–Crippen LogP) is 2.80. The summed E-state index contributed by atoms with van der Waals surface area (Å²) in [6, 6.07) is 12.1. The molecule has 0 fully saturated rings. The third-order valence-electron chi connectivity index (χ3n) is 3.99. The molecule has 7 nitrogen and oxygen atoms in total. The zero-order valence-electron chi connectivity index (χ0n) is 16.1. The summed E-state index contributed by atoms with van der Waals surface area (Å²) in [6.45, 7) is 3.23. The average Bonchev–Trinajstić information content (AvgIpc) is 2.68. The van der Waals surface area contributed by atoms with Gasteiger partial charge >= 0.3 is 5.97 Å². The van der Waals surface area contributed by atoms with Crippen LogP contribution in [-0.4, -0.2) is 33.4 Å². The van der Waals surface area contributed by atoms with Crippen LogP contribution in [0.15, 0.2) is 53.4 Å². The van der Waals surface area contributed by atoms with Crippen LogP contribution in [0.5, 0.6) is 0 Å². The fourth-order valence-electron chi connectivity index (χ4n) is 2.37. The molecule has 0 unspecified atom stereocenters. The van der Waals surface area contributed by atoms with Crippen molar-refractivity contribution in [3.05, 3.63) is 59.9 Å². The maximum atomic E-state index is 13.4. The first-order valence-electron chi connectivity index (χ1n) is 8.98. The van der Waals surface area contributed by atoms with Crippen LogP contribution in [0.2, 0.25) is 0 Å². The van der Waals surface area contributed by atoms with E-state index < -0.39 is 34.3 Å². The molecule has 0 atom stereocenters. The van der Waals surface area contributed by atoms with E-state index in [1.807, 2.05) is 13.8 Å². The van der Waals surface area contributed by atoms with E-state index in [0.29, 0.717) is 0 Å². The normalized spacial score (nSPS) is 11.3. The van der Waals surface area contributed by atoms with Crippen LogP contribution < -0.4 is 10.0 Å². The summed E-state index contributed by atoms with van der Waals surface area (Å²) in [4.78, 5) is 23.5. The molecule has 9 heteroatoms. The molecule has 29 heavy (non-hydrogen) atoms. The van der Waals surface area contributed by atoms with Crippen LogP contribution >= 0.6 is 0 Å². The van der Waals surface area contributed by atoms with Crippen molar-refractivity contribution in [3.63, 3.8) is 0 Å². The molecule has 0 aliphatic carbocycles. The minimum absolute atomic E-state index is 0.0233. The van der Waals surface area contributed by atoms with Gasteiger partial charge in [0.25, 0.3) is 5.91 Å². The van der Waals surface area contributed by atoms with Crippen molar-refractivity contribution in [1.29, 1.82) is 0 Å². The smallest absolute Gasteiger partial charge is 0.307 e. The van der Waals surface area contributed by atoms with Crippen molar-refractivity contribution in [3.8, 4) is 0 Å². The Morgan fingerprint density at radius 2 is 1.72 bits per heavy atom. The van der Waals surface area contributed by atoms with E-state index in [1.165, 1.54) is 30.3 Å². The number of hydrogen-bond acceptors (Lipinski definition) is 5. The maximum absolute atomic E-state index is 13.4. The van der Waals surface area contributed by atoms with Crippen LogP contribution in [0.4, 0.5) is 10.1 Å². The molecule has 1 amide bonds. The molecule has 2 aromatic carbocycles. The van der Waals surface area contributed by atoms with Gasteiger partial charge < -0.3 is 10.1 Å². The van der Waals surface area contributed by atoms with Crippen LogP contribution in [-0.2, 0) is 24.3 Å². The fraction of sp³-hybridized carbons (Fsp3) is 0.300. The van der Waals surface area contributed by atoms with E-state index in [1.54, 1.807) is 18.2 Å². The lowest BCUT2D eigenvalue weighted by Gasteiger charge is -2.09. The maximum Gasteiger partial charge on any atom is 0.307 e. The van der Waals surface area contributed by atoms with Gasteiger partial charge in [0.15, 0.2) is 6.61 Å². The van der Waals surface area contributed by atoms with E-state index in [4.69, 9.17) is 4.74 Å². The number of esters is 1.